The lowest BCUT2D eigenvalue weighted by Crippen LogP contribution is -2.42. The highest BCUT2D eigenvalue weighted by molar-refractivity contribution is 9.10. The second-order valence-electron chi connectivity index (χ2n) is 5.02. The molecule has 2 atom stereocenters. The van der Waals surface area contributed by atoms with Gasteiger partial charge in [0.2, 0.25) is 0 Å². The fourth-order valence-corrected chi connectivity index (χ4v) is 3.34. The lowest BCUT2D eigenvalue weighted by molar-refractivity contribution is 0.278. The fourth-order valence-electron chi connectivity index (χ4n) is 2.98. The van der Waals surface area contributed by atoms with Crippen LogP contribution in [0.5, 0.6) is 0 Å². The van der Waals surface area contributed by atoms with E-state index in [1.54, 1.807) is 0 Å². The summed E-state index contributed by atoms with van der Waals surface area (Å²) in [6, 6.07) is 2.85. The molecule has 0 spiro atoms. The van der Waals surface area contributed by atoms with E-state index in [0.29, 0.717) is 6.04 Å². The van der Waals surface area contributed by atoms with Gasteiger partial charge < -0.3 is 5.32 Å². The molecule has 2 heterocycles. The molecular weight excluding hydrogens is 276 g/mol. The Bertz CT molecular complexity index is 442. The van der Waals surface area contributed by atoms with Crippen LogP contribution in [0.1, 0.15) is 31.2 Å². The molecule has 2 unspecified atom stereocenters. The lowest BCUT2D eigenvalue weighted by Gasteiger charge is -2.36. The van der Waals surface area contributed by atoms with Gasteiger partial charge in [-0.1, -0.05) is 6.08 Å². The molecule has 1 fully saturated rings. The van der Waals surface area contributed by atoms with E-state index in [2.05, 4.69) is 38.4 Å². The molecule has 3 heteroatoms. The van der Waals surface area contributed by atoms with Gasteiger partial charge in [0.1, 0.15) is 0 Å². The molecule has 2 nitrogen and oxygen atoms in total. The Morgan fingerprint density at radius 3 is 3.18 bits per heavy atom. The highest BCUT2D eigenvalue weighted by Gasteiger charge is 2.28. The van der Waals surface area contributed by atoms with E-state index in [1.165, 1.54) is 36.9 Å². The Morgan fingerprint density at radius 1 is 1.35 bits per heavy atom. The topological polar surface area (TPSA) is 24.9 Å². The molecule has 1 aromatic rings. The van der Waals surface area contributed by atoms with Crippen molar-refractivity contribution >= 4 is 21.5 Å². The molecule has 0 saturated carbocycles. The second kappa shape index (κ2) is 4.91. The minimum atomic E-state index is 0.683. The summed E-state index contributed by atoms with van der Waals surface area (Å²) < 4.78 is 1.06. The maximum absolute atomic E-state index is 4.26. The van der Waals surface area contributed by atoms with Crippen LogP contribution < -0.4 is 5.32 Å². The quantitative estimate of drug-likeness (QED) is 0.858. The Labute approximate surface area is 111 Å². The number of halogens is 1. The molecule has 1 aliphatic carbocycles. The third kappa shape index (κ3) is 2.45. The van der Waals surface area contributed by atoms with Gasteiger partial charge in [0, 0.05) is 22.9 Å². The predicted molar refractivity (Wildman–Crippen MR) is 73.7 cm³/mol. The van der Waals surface area contributed by atoms with E-state index >= 15 is 0 Å². The van der Waals surface area contributed by atoms with Crippen LogP contribution in [0.15, 0.2) is 29.0 Å². The number of aromatic nitrogens is 1. The number of hydrogen-bond donors (Lipinski definition) is 1. The van der Waals surface area contributed by atoms with Crippen molar-refractivity contribution in [1.82, 2.24) is 10.3 Å². The fraction of sp³-hybridized carbons (Fsp3) is 0.500. The van der Waals surface area contributed by atoms with Crippen LogP contribution >= 0.6 is 15.9 Å². The molecule has 1 N–H and O–H groups in total. The third-order valence-corrected chi connectivity index (χ3v) is 4.34. The van der Waals surface area contributed by atoms with Crippen LogP contribution in [0, 0.1) is 5.92 Å². The first-order chi connectivity index (χ1) is 8.33. The van der Waals surface area contributed by atoms with E-state index in [9.17, 15) is 0 Å². The molecule has 17 heavy (non-hydrogen) atoms. The van der Waals surface area contributed by atoms with E-state index in [4.69, 9.17) is 0 Å². The summed E-state index contributed by atoms with van der Waals surface area (Å²) in [5.74, 6) is 0.854. The first kappa shape index (κ1) is 11.4. The number of fused-ring (bicyclic) bond motifs is 1. The standard InChI is InChI=1S/C14H17BrN2/c15-13-6-12(8-16-9-13)11-4-3-10-2-1-5-17-14(10)7-11/h4,6,8-10,14,17H,1-3,5,7H2. The zero-order valence-electron chi connectivity index (χ0n) is 9.82. The van der Waals surface area contributed by atoms with Gasteiger partial charge in [-0.3, -0.25) is 4.98 Å². The highest BCUT2D eigenvalue weighted by Crippen LogP contribution is 2.34. The zero-order chi connectivity index (χ0) is 11.7. The summed E-state index contributed by atoms with van der Waals surface area (Å²) in [5.41, 5.74) is 2.72. The van der Waals surface area contributed by atoms with Crippen molar-refractivity contribution in [2.75, 3.05) is 6.54 Å². The van der Waals surface area contributed by atoms with Gasteiger partial charge in [0.25, 0.3) is 0 Å². The molecule has 3 rings (SSSR count). The van der Waals surface area contributed by atoms with Gasteiger partial charge in [-0.2, -0.15) is 0 Å². The summed E-state index contributed by atoms with van der Waals surface area (Å²) in [5, 5.41) is 3.66. The molecule has 1 saturated heterocycles. The van der Waals surface area contributed by atoms with E-state index in [1.807, 2.05) is 12.4 Å². The van der Waals surface area contributed by atoms with Crippen LogP contribution in [-0.4, -0.2) is 17.6 Å². The van der Waals surface area contributed by atoms with Gasteiger partial charge >= 0.3 is 0 Å². The van der Waals surface area contributed by atoms with Crippen molar-refractivity contribution in [2.45, 2.75) is 31.7 Å². The average molecular weight is 293 g/mol. The normalized spacial score (nSPS) is 28.4. The molecule has 0 radical (unpaired) electrons. The number of allylic oxidation sites excluding steroid dienone is 1. The molecule has 0 amide bonds. The van der Waals surface area contributed by atoms with Crippen molar-refractivity contribution in [1.29, 1.82) is 0 Å². The molecule has 2 aliphatic rings. The first-order valence-electron chi connectivity index (χ1n) is 6.36. The van der Waals surface area contributed by atoms with Crippen LogP contribution in [0.3, 0.4) is 0 Å². The smallest absolute Gasteiger partial charge is 0.0410 e. The van der Waals surface area contributed by atoms with Crippen molar-refractivity contribution in [2.24, 2.45) is 5.92 Å². The van der Waals surface area contributed by atoms with Gasteiger partial charge in [-0.05, 0) is 71.3 Å². The van der Waals surface area contributed by atoms with Gasteiger partial charge in [0.15, 0.2) is 0 Å². The maximum Gasteiger partial charge on any atom is 0.0410 e. The molecule has 1 aromatic heterocycles. The third-order valence-electron chi connectivity index (χ3n) is 3.91. The van der Waals surface area contributed by atoms with Gasteiger partial charge in [-0.15, -0.1) is 0 Å². The van der Waals surface area contributed by atoms with Crippen molar-refractivity contribution in [3.05, 3.63) is 34.6 Å². The average Bonchev–Trinajstić information content (AvgIpc) is 2.38. The maximum atomic E-state index is 4.26. The SMILES string of the molecule is Brc1cncc(C2=CCC3CCCNC3C2)c1. The number of pyridine rings is 1. The summed E-state index contributed by atoms with van der Waals surface area (Å²) in [6.07, 6.45) is 11.3. The predicted octanol–water partition coefficient (Wildman–Crippen LogP) is 3.39. The Hall–Kier alpha value is -0.670. The number of rotatable bonds is 1. The zero-order valence-corrected chi connectivity index (χ0v) is 11.4. The molecular formula is C14H17BrN2. The van der Waals surface area contributed by atoms with E-state index < -0.39 is 0 Å². The highest BCUT2D eigenvalue weighted by atomic mass is 79.9. The van der Waals surface area contributed by atoms with Crippen LogP contribution in [-0.2, 0) is 0 Å². The monoisotopic (exact) mass is 292 g/mol. The van der Waals surface area contributed by atoms with E-state index in [-0.39, 0.29) is 0 Å². The Kier molecular flexibility index (Phi) is 3.30. The van der Waals surface area contributed by atoms with Crippen molar-refractivity contribution in [3.63, 3.8) is 0 Å². The number of nitrogens with zero attached hydrogens (tertiary/aromatic N) is 1. The minimum Gasteiger partial charge on any atom is -0.313 e. The number of nitrogens with one attached hydrogen (secondary N) is 1. The molecule has 90 valence electrons. The molecule has 0 bridgehead atoms. The first-order valence-corrected chi connectivity index (χ1v) is 7.15. The molecule has 0 aromatic carbocycles. The molecule has 1 aliphatic heterocycles. The van der Waals surface area contributed by atoms with Crippen molar-refractivity contribution < 1.29 is 0 Å². The van der Waals surface area contributed by atoms with Crippen LogP contribution in [0.4, 0.5) is 0 Å². The number of piperidine rings is 1. The van der Waals surface area contributed by atoms with Crippen molar-refractivity contribution in [3.8, 4) is 0 Å². The Morgan fingerprint density at radius 2 is 2.29 bits per heavy atom. The summed E-state index contributed by atoms with van der Waals surface area (Å²) in [7, 11) is 0. The van der Waals surface area contributed by atoms with Crippen LogP contribution in [0.25, 0.3) is 5.57 Å². The van der Waals surface area contributed by atoms with Gasteiger partial charge in [-0.25, -0.2) is 0 Å². The Balaban J connectivity index is 1.82. The lowest BCUT2D eigenvalue weighted by atomic mass is 9.78. The van der Waals surface area contributed by atoms with Crippen LogP contribution in [0.2, 0.25) is 0 Å². The summed E-state index contributed by atoms with van der Waals surface area (Å²) in [6.45, 7) is 1.19. The largest absolute Gasteiger partial charge is 0.313 e. The minimum absolute atomic E-state index is 0.683. The van der Waals surface area contributed by atoms with E-state index in [0.717, 1.165) is 16.8 Å². The summed E-state index contributed by atoms with van der Waals surface area (Å²) >= 11 is 3.49. The van der Waals surface area contributed by atoms with Gasteiger partial charge in [0.05, 0.1) is 0 Å². The summed E-state index contributed by atoms with van der Waals surface area (Å²) in [4.78, 5) is 4.26. The number of hydrogen-bond acceptors (Lipinski definition) is 2. The second-order valence-corrected chi connectivity index (χ2v) is 5.94.